The van der Waals surface area contributed by atoms with Gasteiger partial charge in [-0.15, -0.1) is 5.10 Å². The number of carbonyl (C=O) groups excluding carboxylic acids is 1. The minimum Gasteiger partial charge on any atom is -0.459 e. The molecule has 0 saturated carbocycles. The molecule has 2 aromatic heterocycles. The predicted octanol–water partition coefficient (Wildman–Crippen LogP) is 3.12. The number of nitrogens with one attached hydrogen (secondary N) is 1. The molecule has 0 aliphatic rings. The minimum absolute atomic E-state index is 0.0566. The minimum atomic E-state index is -0.424. The van der Waals surface area contributed by atoms with Crippen molar-refractivity contribution in [2.24, 2.45) is 0 Å². The standard InChI is InChI=1S/C16H15N3O3/c1-10-5-6-12(11(2)8-10)9-14-18-19-16(22-14)17-15(20)13-4-3-7-21-13/h3-8H,9H2,1-2H3,(H,17,19,20). The van der Waals surface area contributed by atoms with Crippen molar-refractivity contribution in [1.29, 1.82) is 0 Å². The quantitative estimate of drug-likeness (QED) is 0.800. The molecule has 1 amide bonds. The molecule has 0 atom stereocenters. The number of aryl methyl sites for hydroxylation is 2. The molecule has 6 heteroatoms. The zero-order chi connectivity index (χ0) is 15.5. The molecule has 2 heterocycles. The van der Waals surface area contributed by atoms with E-state index >= 15 is 0 Å². The summed E-state index contributed by atoms with van der Waals surface area (Å²) in [5.41, 5.74) is 3.48. The van der Waals surface area contributed by atoms with Crippen LogP contribution < -0.4 is 5.32 Å². The SMILES string of the molecule is Cc1ccc(Cc2nnc(NC(=O)c3ccco3)o2)c(C)c1. The average Bonchev–Trinajstić information content (AvgIpc) is 3.13. The molecule has 0 aliphatic heterocycles. The smallest absolute Gasteiger partial charge is 0.322 e. The van der Waals surface area contributed by atoms with Gasteiger partial charge in [-0.3, -0.25) is 10.1 Å². The van der Waals surface area contributed by atoms with Crippen LogP contribution in [0.3, 0.4) is 0 Å². The number of furan rings is 1. The van der Waals surface area contributed by atoms with Crippen LogP contribution in [0, 0.1) is 13.8 Å². The van der Waals surface area contributed by atoms with Crippen LogP contribution in [0.5, 0.6) is 0 Å². The van der Waals surface area contributed by atoms with Crippen molar-refractivity contribution in [3.63, 3.8) is 0 Å². The maximum absolute atomic E-state index is 11.8. The van der Waals surface area contributed by atoms with Crippen LogP contribution in [0.1, 0.15) is 33.1 Å². The van der Waals surface area contributed by atoms with Crippen molar-refractivity contribution in [2.45, 2.75) is 20.3 Å². The molecule has 0 unspecified atom stereocenters. The molecular formula is C16H15N3O3. The molecule has 0 saturated heterocycles. The van der Waals surface area contributed by atoms with Crippen molar-refractivity contribution < 1.29 is 13.6 Å². The zero-order valence-corrected chi connectivity index (χ0v) is 12.3. The van der Waals surface area contributed by atoms with E-state index in [1.807, 2.05) is 26.0 Å². The molecule has 112 valence electrons. The number of aromatic nitrogens is 2. The van der Waals surface area contributed by atoms with Crippen LogP contribution in [-0.2, 0) is 6.42 Å². The topological polar surface area (TPSA) is 81.2 Å². The lowest BCUT2D eigenvalue weighted by atomic mass is 10.0. The molecule has 3 rings (SSSR count). The van der Waals surface area contributed by atoms with Gasteiger partial charge in [-0.05, 0) is 37.1 Å². The van der Waals surface area contributed by atoms with E-state index < -0.39 is 5.91 Å². The van der Waals surface area contributed by atoms with E-state index in [2.05, 4.69) is 21.6 Å². The number of rotatable bonds is 4. The first-order chi connectivity index (χ1) is 10.6. The Morgan fingerprint density at radius 2 is 2.09 bits per heavy atom. The molecule has 1 N–H and O–H groups in total. The van der Waals surface area contributed by atoms with Gasteiger partial charge in [-0.2, -0.15) is 0 Å². The second kappa shape index (κ2) is 5.85. The van der Waals surface area contributed by atoms with Crippen LogP contribution >= 0.6 is 0 Å². The molecule has 6 nitrogen and oxygen atoms in total. The Balaban J connectivity index is 1.70. The average molecular weight is 297 g/mol. The summed E-state index contributed by atoms with van der Waals surface area (Å²) in [4.78, 5) is 11.8. The summed E-state index contributed by atoms with van der Waals surface area (Å²) >= 11 is 0. The number of hydrogen-bond donors (Lipinski definition) is 1. The van der Waals surface area contributed by atoms with Gasteiger partial charge >= 0.3 is 6.01 Å². The van der Waals surface area contributed by atoms with Crippen molar-refractivity contribution in [3.05, 3.63) is 64.9 Å². The van der Waals surface area contributed by atoms with Crippen LogP contribution in [0.15, 0.2) is 45.4 Å². The summed E-state index contributed by atoms with van der Waals surface area (Å²) in [6, 6.07) is 9.43. The van der Waals surface area contributed by atoms with Gasteiger partial charge in [0.15, 0.2) is 5.76 Å². The molecule has 0 radical (unpaired) electrons. The first-order valence-corrected chi connectivity index (χ1v) is 6.85. The van der Waals surface area contributed by atoms with Gasteiger partial charge in [0, 0.05) is 0 Å². The molecule has 1 aromatic carbocycles. The number of amides is 1. The molecule has 0 spiro atoms. The highest BCUT2D eigenvalue weighted by Gasteiger charge is 2.14. The number of carbonyl (C=O) groups is 1. The van der Waals surface area contributed by atoms with Crippen LogP contribution in [0.4, 0.5) is 6.01 Å². The third-order valence-electron chi connectivity index (χ3n) is 3.27. The Morgan fingerprint density at radius 3 is 2.82 bits per heavy atom. The largest absolute Gasteiger partial charge is 0.459 e. The second-order valence-electron chi connectivity index (χ2n) is 5.04. The van der Waals surface area contributed by atoms with E-state index in [0.29, 0.717) is 12.3 Å². The van der Waals surface area contributed by atoms with Gasteiger partial charge in [0.2, 0.25) is 5.89 Å². The lowest BCUT2D eigenvalue weighted by Gasteiger charge is -2.03. The maximum atomic E-state index is 11.8. The van der Waals surface area contributed by atoms with Gasteiger partial charge in [0.1, 0.15) is 0 Å². The fourth-order valence-electron chi connectivity index (χ4n) is 2.15. The highest BCUT2D eigenvalue weighted by molar-refractivity contribution is 6.00. The van der Waals surface area contributed by atoms with E-state index in [-0.39, 0.29) is 11.8 Å². The summed E-state index contributed by atoms with van der Waals surface area (Å²) < 4.78 is 10.4. The monoisotopic (exact) mass is 297 g/mol. The highest BCUT2D eigenvalue weighted by atomic mass is 16.4. The van der Waals surface area contributed by atoms with Crippen molar-refractivity contribution in [3.8, 4) is 0 Å². The fourth-order valence-corrected chi connectivity index (χ4v) is 2.15. The lowest BCUT2D eigenvalue weighted by Crippen LogP contribution is -2.10. The first-order valence-electron chi connectivity index (χ1n) is 6.85. The number of anilines is 1. The van der Waals surface area contributed by atoms with E-state index in [0.717, 1.165) is 5.56 Å². The number of nitrogens with zero attached hydrogens (tertiary/aromatic N) is 2. The fraction of sp³-hybridized carbons (Fsp3) is 0.188. The molecule has 3 aromatic rings. The van der Waals surface area contributed by atoms with Crippen LogP contribution in [0.2, 0.25) is 0 Å². The summed E-state index contributed by atoms with van der Waals surface area (Å²) in [7, 11) is 0. The second-order valence-corrected chi connectivity index (χ2v) is 5.04. The Morgan fingerprint density at radius 1 is 1.23 bits per heavy atom. The van der Waals surface area contributed by atoms with Gasteiger partial charge in [-0.25, -0.2) is 0 Å². The van der Waals surface area contributed by atoms with Crippen LogP contribution in [-0.4, -0.2) is 16.1 Å². The lowest BCUT2D eigenvalue weighted by molar-refractivity contribution is 0.0993. The highest BCUT2D eigenvalue weighted by Crippen LogP contribution is 2.16. The molecule has 0 aliphatic carbocycles. The summed E-state index contributed by atoms with van der Waals surface area (Å²) in [6.45, 7) is 4.09. The number of benzene rings is 1. The predicted molar refractivity (Wildman–Crippen MR) is 79.7 cm³/mol. The van der Waals surface area contributed by atoms with E-state index in [1.165, 1.54) is 17.4 Å². The van der Waals surface area contributed by atoms with Crippen molar-refractivity contribution in [2.75, 3.05) is 5.32 Å². The van der Waals surface area contributed by atoms with Gasteiger partial charge in [0.05, 0.1) is 12.7 Å². The molecule has 22 heavy (non-hydrogen) atoms. The van der Waals surface area contributed by atoms with Gasteiger partial charge < -0.3 is 8.83 Å². The summed E-state index contributed by atoms with van der Waals surface area (Å²) in [5.74, 6) is 0.211. The number of hydrogen-bond acceptors (Lipinski definition) is 5. The van der Waals surface area contributed by atoms with Crippen molar-refractivity contribution in [1.82, 2.24) is 10.2 Å². The van der Waals surface area contributed by atoms with Gasteiger partial charge in [0.25, 0.3) is 5.91 Å². The normalized spacial score (nSPS) is 10.6. The summed E-state index contributed by atoms with van der Waals surface area (Å²) in [5, 5.41) is 10.3. The van der Waals surface area contributed by atoms with Gasteiger partial charge in [-0.1, -0.05) is 28.9 Å². The third kappa shape index (κ3) is 3.06. The third-order valence-corrected chi connectivity index (χ3v) is 3.27. The Bertz CT molecular complexity index is 791. The summed E-state index contributed by atoms with van der Waals surface area (Å²) in [6.07, 6.45) is 1.95. The van der Waals surface area contributed by atoms with E-state index in [9.17, 15) is 4.79 Å². The molecule has 0 bridgehead atoms. The first kappa shape index (κ1) is 14.1. The Labute approximate surface area is 127 Å². The molecule has 0 fully saturated rings. The Kier molecular flexibility index (Phi) is 3.74. The zero-order valence-electron chi connectivity index (χ0n) is 12.3. The van der Waals surface area contributed by atoms with Crippen LogP contribution in [0.25, 0.3) is 0 Å². The van der Waals surface area contributed by atoms with E-state index in [4.69, 9.17) is 8.83 Å². The maximum Gasteiger partial charge on any atom is 0.322 e. The van der Waals surface area contributed by atoms with Crippen molar-refractivity contribution >= 4 is 11.9 Å². The Hall–Kier alpha value is -2.89. The molecular weight excluding hydrogens is 282 g/mol. The van der Waals surface area contributed by atoms with E-state index in [1.54, 1.807) is 12.1 Å².